The van der Waals surface area contributed by atoms with Crippen LogP contribution in [-0.4, -0.2) is 21.9 Å². The van der Waals surface area contributed by atoms with E-state index >= 15 is 0 Å². The van der Waals surface area contributed by atoms with Crippen molar-refractivity contribution in [2.24, 2.45) is 0 Å². The van der Waals surface area contributed by atoms with Crippen molar-refractivity contribution in [3.63, 3.8) is 0 Å². The van der Waals surface area contributed by atoms with Gasteiger partial charge in [0.05, 0.1) is 0 Å². The minimum atomic E-state index is -0.184. The molecule has 2 rings (SSSR count). The number of amides is 1. The van der Waals surface area contributed by atoms with E-state index in [0.29, 0.717) is 5.69 Å². The fraction of sp³-hybridized carbons (Fsp3) is 0.286. The third-order valence-electron chi connectivity index (χ3n) is 2.72. The molecule has 0 bridgehead atoms. The lowest BCUT2D eigenvalue weighted by molar-refractivity contribution is 0.102. The third-order valence-corrected chi connectivity index (χ3v) is 3.46. The summed E-state index contributed by atoms with van der Waals surface area (Å²) < 4.78 is 1.77. The third kappa shape index (κ3) is 3.38. The molecule has 1 aromatic heterocycles. The molecule has 1 aromatic carbocycles. The highest BCUT2D eigenvalue weighted by molar-refractivity contribution is 7.98. The number of nitrogens with one attached hydrogen (secondary N) is 1. The Hall–Kier alpha value is -1.75. The summed E-state index contributed by atoms with van der Waals surface area (Å²) in [5.74, 6) is -0.184. The molecule has 0 radical (unpaired) electrons. The molecule has 1 N–H and O–H groups in total. The second-order valence-electron chi connectivity index (χ2n) is 4.46. The van der Waals surface area contributed by atoms with Crippen molar-refractivity contribution in [2.75, 3.05) is 11.6 Å². The molecule has 19 heavy (non-hydrogen) atoms. The Morgan fingerprint density at radius 3 is 2.47 bits per heavy atom. The van der Waals surface area contributed by atoms with E-state index in [9.17, 15) is 4.79 Å². The number of nitrogens with zero attached hydrogens (tertiary/aromatic N) is 2. The van der Waals surface area contributed by atoms with Crippen molar-refractivity contribution in [3.8, 4) is 0 Å². The van der Waals surface area contributed by atoms with Gasteiger partial charge in [0.2, 0.25) is 0 Å². The highest BCUT2D eigenvalue weighted by Gasteiger charge is 2.10. The fourth-order valence-corrected chi connectivity index (χ4v) is 2.02. The molecule has 1 amide bonds. The summed E-state index contributed by atoms with van der Waals surface area (Å²) in [7, 11) is 0. The molecule has 0 fully saturated rings. The molecule has 4 nitrogen and oxygen atoms in total. The molecule has 0 aliphatic carbocycles. The van der Waals surface area contributed by atoms with Crippen molar-refractivity contribution in [1.82, 2.24) is 9.78 Å². The monoisotopic (exact) mass is 275 g/mol. The van der Waals surface area contributed by atoms with Crippen molar-refractivity contribution in [2.45, 2.75) is 24.8 Å². The Bertz CT molecular complexity index is 560. The number of carbonyl (C=O) groups excluding carboxylic acids is 1. The molecule has 5 heteroatoms. The summed E-state index contributed by atoms with van der Waals surface area (Å²) in [6.45, 7) is 4.05. The summed E-state index contributed by atoms with van der Waals surface area (Å²) in [6.07, 6.45) is 3.84. The van der Waals surface area contributed by atoms with Gasteiger partial charge in [0.15, 0.2) is 5.69 Å². The highest BCUT2D eigenvalue weighted by atomic mass is 32.2. The van der Waals surface area contributed by atoms with Gasteiger partial charge < -0.3 is 5.32 Å². The van der Waals surface area contributed by atoms with E-state index in [2.05, 4.69) is 10.4 Å². The van der Waals surface area contributed by atoms with Gasteiger partial charge in [-0.1, -0.05) is 0 Å². The Labute approximate surface area is 117 Å². The Balaban J connectivity index is 2.06. The maximum atomic E-state index is 12.0. The van der Waals surface area contributed by atoms with Gasteiger partial charge in [-0.3, -0.25) is 9.48 Å². The standard InChI is InChI=1S/C14H17N3OS/c1-10(2)17-9-8-13(16-17)14(18)15-11-4-6-12(19-3)7-5-11/h4-10H,1-3H3,(H,15,18). The number of hydrogen-bond acceptors (Lipinski definition) is 3. The minimum absolute atomic E-state index is 0.184. The molecule has 0 saturated heterocycles. The molecule has 1 heterocycles. The number of hydrogen-bond donors (Lipinski definition) is 1. The number of thioether (sulfide) groups is 1. The molecular formula is C14H17N3OS. The summed E-state index contributed by atoms with van der Waals surface area (Å²) in [6, 6.07) is 9.72. The molecule has 0 aliphatic heterocycles. The first-order valence-corrected chi connectivity index (χ1v) is 7.33. The van der Waals surface area contributed by atoms with Crippen LogP contribution < -0.4 is 5.32 Å². The van der Waals surface area contributed by atoms with Gasteiger partial charge in [-0.15, -0.1) is 11.8 Å². The van der Waals surface area contributed by atoms with Crippen LogP contribution in [0.25, 0.3) is 0 Å². The van der Waals surface area contributed by atoms with Crippen LogP contribution in [0, 0.1) is 0 Å². The van der Waals surface area contributed by atoms with Gasteiger partial charge in [-0.25, -0.2) is 0 Å². The second-order valence-corrected chi connectivity index (χ2v) is 5.34. The van der Waals surface area contributed by atoms with Gasteiger partial charge in [0.25, 0.3) is 5.91 Å². The zero-order chi connectivity index (χ0) is 13.8. The summed E-state index contributed by atoms with van der Waals surface area (Å²) in [5.41, 5.74) is 1.21. The molecular weight excluding hydrogens is 258 g/mol. The summed E-state index contributed by atoms with van der Waals surface area (Å²) in [5, 5.41) is 7.08. The lowest BCUT2D eigenvalue weighted by Crippen LogP contribution is -2.13. The average molecular weight is 275 g/mol. The van der Waals surface area contributed by atoms with Crippen molar-refractivity contribution in [3.05, 3.63) is 42.2 Å². The van der Waals surface area contributed by atoms with Gasteiger partial charge >= 0.3 is 0 Å². The summed E-state index contributed by atoms with van der Waals surface area (Å²) >= 11 is 1.67. The van der Waals surface area contributed by atoms with Crippen LogP contribution in [0.4, 0.5) is 5.69 Å². The van der Waals surface area contributed by atoms with Gasteiger partial charge in [0.1, 0.15) is 0 Å². The van der Waals surface area contributed by atoms with Crippen LogP contribution in [0.2, 0.25) is 0 Å². The van der Waals surface area contributed by atoms with E-state index < -0.39 is 0 Å². The van der Waals surface area contributed by atoms with Gasteiger partial charge in [-0.05, 0) is 50.4 Å². The average Bonchev–Trinajstić information content (AvgIpc) is 2.89. The first-order valence-electron chi connectivity index (χ1n) is 6.10. The Morgan fingerprint density at radius 1 is 1.26 bits per heavy atom. The lowest BCUT2D eigenvalue weighted by atomic mass is 10.3. The number of anilines is 1. The van der Waals surface area contributed by atoms with Crippen molar-refractivity contribution < 1.29 is 4.79 Å². The summed E-state index contributed by atoms with van der Waals surface area (Å²) in [4.78, 5) is 13.2. The maximum absolute atomic E-state index is 12.0. The quantitative estimate of drug-likeness (QED) is 0.869. The van der Waals surface area contributed by atoms with Crippen LogP contribution in [0.5, 0.6) is 0 Å². The van der Waals surface area contributed by atoms with Crippen molar-refractivity contribution in [1.29, 1.82) is 0 Å². The largest absolute Gasteiger partial charge is 0.321 e. The fourth-order valence-electron chi connectivity index (χ4n) is 1.62. The predicted octanol–water partition coefficient (Wildman–Crippen LogP) is 3.44. The molecule has 0 unspecified atom stereocenters. The lowest BCUT2D eigenvalue weighted by Gasteiger charge is -2.05. The van der Waals surface area contributed by atoms with Crippen LogP contribution >= 0.6 is 11.8 Å². The Kier molecular flexibility index (Phi) is 4.27. The topological polar surface area (TPSA) is 46.9 Å². The van der Waals surface area contributed by atoms with E-state index in [1.807, 2.05) is 50.6 Å². The van der Waals surface area contributed by atoms with E-state index in [-0.39, 0.29) is 11.9 Å². The van der Waals surface area contributed by atoms with Crippen LogP contribution in [0.15, 0.2) is 41.4 Å². The SMILES string of the molecule is CSc1ccc(NC(=O)c2ccn(C(C)C)n2)cc1. The van der Waals surface area contributed by atoms with E-state index in [1.165, 1.54) is 4.90 Å². The van der Waals surface area contributed by atoms with E-state index in [0.717, 1.165) is 5.69 Å². The molecule has 100 valence electrons. The molecule has 0 saturated carbocycles. The highest BCUT2D eigenvalue weighted by Crippen LogP contribution is 2.18. The smallest absolute Gasteiger partial charge is 0.276 e. The number of carbonyl (C=O) groups is 1. The Morgan fingerprint density at radius 2 is 1.95 bits per heavy atom. The first-order chi connectivity index (χ1) is 9.10. The van der Waals surface area contributed by atoms with Crippen molar-refractivity contribution >= 4 is 23.4 Å². The van der Waals surface area contributed by atoms with Gasteiger partial charge in [-0.2, -0.15) is 5.10 Å². The number of benzene rings is 1. The van der Waals surface area contributed by atoms with Crippen LogP contribution in [0.1, 0.15) is 30.4 Å². The van der Waals surface area contributed by atoms with E-state index in [4.69, 9.17) is 0 Å². The van der Waals surface area contributed by atoms with E-state index in [1.54, 1.807) is 22.5 Å². The molecule has 0 atom stereocenters. The van der Waals surface area contributed by atoms with Crippen LogP contribution in [0.3, 0.4) is 0 Å². The zero-order valence-corrected chi connectivity index (χ0v) is 12.1. The number of rotatable bonds is 4. The minimum Gasteiger partial charge on any atom is -0.321 e. The first kappa shape index (κ1) is 13.7. The molecule has 0 aliphatic rings. The van der Waals surface area contributed by atoms with Gasteiger partial charge in [0, 0.05) is 22.8 Å². The maximum Gasteiger partial charge on any atom is 0.276 e. The normalized spacial score (nSPS) is 10.7. The second kappa shape index (κ2) is 5.93. The predicted molar refractivity (Wildman–Crippen MR) is 78.8 cm³/mol. The molecule has 0 spiro atoms. The number of aromatic nitrogens is 2. The molecule has 2 aromatic rings. The zero-order valence-electron chi connectivity index (χ0n) is 11.3. The van der Waals surface area contributed by atoms with Crippen LogP contribution in [-0.2, 0) is 0 Å².